The summed E-state index contributed by atoms with van der Waals surface area (Å²) in [6, 6.07) is 16.4. The van der Waals surface area contributed by atoms with E-state index in [4.69, 9.17) is 0 Å². The molecule has 4 aromatic rings. The van der Waals surface area contributed by atoms with Crippen LogP contribution in [0.25, 0.3) is 10.9 Å². The number of carbonyl (C=O) groups is 1. The average molecular weight is 449 g/mol. The van der Waals surface area contributed by atoms with Gasteiger partial charge in [0.15, 0.2) is 5.78 Å². The first-order chi connectivity index (χ1) is 15.9. The lowest BCUT2D eigenvalue weighted by Gasteiger charge is -2.35. The molecule has 2 N–H and O–H groups in total. The van der Waals surface area contributed by atoms with Gasteiger partial charge in [-0.15, -0.1) is 5.10 Å². The molecule has 2 atom stereocenters. The molecule has 1 aliphatic carbocycles. The van der Waals surface area contributed by atoms with Crippen molar-refractivity contribution in [1.82, 2.24) is 19.7 Å². The van der Waals surface area contributed by atoms with E-state index >= 15 is 0 Å². The largest absolute Gasteiger partial charge is 0.453 e. The van der Waals surface area contributed by atoms with E-state index in [0.717, 1.165) is 16.5 Å². The first-order valence-corrected chi connectivity index (χ1v) is 10.6. The highest BCUT2D eigenvalue weighted by Gasteiger charge is 2.44. The van der Waals surface area contributed by atoms with E-state index in [2.05, 4.69) is 20.4 Å². The molecule has 2 aliphatic rings. The van der Waals surface area contributed by atoms with Crippen LogP contribution in [0.4, 0.5) is 19.1 Å². The molecular weight excluding hydrogens is 431 g/mol. The molecule has 0 unspecified atom stereocenters. The number of rotatable bonds is 2. The van der Waals surface area contributed by atoms with Crippen LogP contribution >= 0.6 is 0 Å². The van der Waals surface area contributed by atoms with Crippen molar-refractivity contribution in [2.75, 3.05) is 5.32 Å². The predicted molar refractivity (Wildman–Crippen MR) is 116 cm³/mol. The van der Waals surface area contributed by atoms with Gasteiger partial charge in [-0.05, 0) is 24.0 Å². The Balaban J connectivity index is 1.53. The quantitative estimate of drug-likeness (QED) is 0.442. The van der Waals surface area contributed by atoms with Gasteiger partial charge in [0.05, 0.1) is 0 Å². The van der Waals surface area contributed by atoms with E-state index in [1.165, 1.54) is 4.68 Å². The van der Waals surface area contributed by atoms with Crippen molar-refractivity contribution in [1.29, 1.82) is 0 Å². The van der Waals surface area contributed by atoms with Crippen molar-refractivity contribution < 1.29 is 18.0 Å². The maximum Gasteiger partial charge on any atom is 0.453 e. The van der Waals surface area contributed by atoms with Crippen molar-refractivity contribution in [2.24, 2.45) is 0 Å². The average Bonchev–Trinajstić information content (AvgIpc) is 3.42. The SMILES string of the molecule is O=C1C[C@@H](c2ccccc2)CC2=C1[C@@H](c1c[nH]c3ccccc13)n1nc(C(F)(F)F)nc1N2. The number of aromatic amines is 1. The number of aromatic nitrogens is 4. The number of nitrogens with zero attached hydrogens (tertiary/aromatic N) is 3. The molecule has 0 saturated heterocycles. The molecule has 9 heteroatoms. The van der Waals surface area contributed by atoms with Gasteiger partial charge in [-0.1, -0.05) is 48.5 Å². The summed E-state index contributed by atoms with van der Waals surface area (Å²) >= 11 is 0. The number of para-hydroxylation sites is 1. The molecule has 0 amide bonds. The van der Waals surface area contributed by atoms with Crippen LogP contribution in [-0.4, -0.2) is 25.5 Å². The first kappa shape index (κ1) is 19.8. The van der Waals surface area contributed by atoms with Crippen molar-refractivity contribution in [3.8, 4) is 0 Å². The van der Waals surface area contributed by atoms with Crippen LogP contribution in [0.3, 0.4) is 0 Å². The van der Waals surface area contributed by atoms with Gasteiger partial charge in [-0.2, -0.15) is 18.2 Å². The standard InChI is InChI=1S/C24H18F3N5O/c25-24(26,27)22-30-23-29-18-10-14(13-6-2-1-3-7-13)11-19(33)20(18)21(32(23)31-22)16-12-28-17-9-5-4-8-15(16)17/h1-9,12,14,21,28H,10-11H2,(H,29,30,31)/t14-,21+/m0/s1. The molecule has 166 valence electrons. The Morgan fingerprint density at radius 2 is 1.76 bits per heavy atom. The summed E-state index contributed by atoms with van der Waals surface area (Å²) in [5.41, 5.74) is 3.58. The number of allylic oxidation sites excluding steroid dienone is 2. The van der Waals surface area contributed by atoms with Gasteiger partial charge in [0.25, 0.3) is 5.82 Å². The molecule has 0 fully saturated rings. The highest BCUT2D eigenvalue weighted by atomic mass is 19.4. The third kappa shape index (κ3) is 3.14. The minimum absolute atomic E-state index is 0.0159. The third-order valence-corrected chi connectivity index (χ3v) is 6.36. The van der Waals surface area contributed by atoms with Crippen LogP contribution in [0.2, 0.25) is 0 Å². The van der Waals surface area contributed by atoms with E-state index in [1.807, 2.05) is 54.6 Å². The molecule has 1 aliphatic heterocycles. The van der Waals surface area contributed by atoms with Crippen LogP contribution in [-0.2, 0) is 11.0 Å². The molecule has 2 aromatic carbocycles. The number of carbonyl (C=O) groups excluding carboxylic acids is 1. The Labute approximate surface area is 186 Å². The number of anilines is 1. The monoisotopic (exact) mass is 449 g/mol. The number of hydrogen-bond donors (Lipinski definition) is 2. The topological polar surface area (TPSA) is 75.6 Å². The van der Waals surface area contributed by atoms with Crippen LogP contribution in [0.5, 0.6) is 0 Å². The zero-order valence-electron chi connectivity index (χ0n) is 17.2. The maximum atomic E-state index is 13.5. The highest BCUT2D eigenvalue weighted by Crippen LogP contribution is 2.46. The lowest BCUT2D eigenvalue weighted by Crippen LogP contribution is -2.33. The number of nitrogens with one attached hydrogen (secondary N) is 2. The molecule has 3 heterocycles. The van der Waals surface area contributed by atoms with Crippen LogP contribution < -0.4 is 5.32 Å². The zero-order chi connectivity index (χ0) is 22.7. The van der Waals surface area contributed by atoms with Gasteiger partial charge >= 0.3 is 6.18 Å². The molecule has 2 aromatic heterocycles. The van der Waals surface area contributed by atoms with Crippen molar-refractivity contribution in [3.63, 3.8) is 0 Å². The molecule has 0 saturated carbocycles. The van der Waals surface area contributed by atoms with Crippen LogP contribution in [0.15, 0.2) is 72.1 Å². The number of Topliss-reactive ketones (excluding diaryl/α,β-unsaturated/α-hetero) is 1. The molecule has 0 bridgehead atoms. The predicted octanol–water partition coefficient (Wildman–Crippen LogP) is 5.19. The van der Waals surface area contributed by atoms with Crippen molar-refractivity contribution >= 4 is 22.6 Å². The fourth-order valence-corrected chi connectivity index (χ4v) is 4.90. The normalized spacial score (nSPS) is 20.5. The van der Waals surface area contributed by atoms with Crippen LogP contribution in [0.1, 0.15) is 41.8 Å². The van der Waals surface area contributed by atoms with Gasteiger partial charge in [-0.25, -0.2) is 4.68 Å². The van der Waals surface area contributed by atoms with E-state index in [1.54, 1.807) is 6.20 Å². The Morgan fingerprint density at radius 1 is 1.00 bits per heavy atom. The summed E-state index contributed by atoms with van der Waals surface area (Å²) in [5.74, 6) is -1.42. The molecule has 6 nitrogen and oxygen atoms in total. The number of H-pyrrole nitrogens is 1. The second-order valence-corrected chi connectivity index (χ2v) is 8.35. The third-order valence-electron chi connectivity index (χ3n) is 6.36. The number of fused-ring (bicyclic) bond motifs is 2. The van der Waals surface area contributed by atoms with Gasteiger partial charge in [0, 0.05) is 40.4 Å². The van der Waals surface area contributed by atoms with Gasteiger partial charge < -0.3 is 10.3 Å². The van der Waals surface area contributed by atoms with E-state index < -0.39 is 18.0 Å². The van der Waals surface area contributed by atoms with Crippen molar-refractivity contribution in [2.45, 2.75) is 31.0 Å². The molecule has 6 rings (SSSR count). The number of hydrogen-bond acceptors (Lipinski definition) is 4. The van der Waals surface area contributed by atoms with Crippen molar-refractivity contribution in [3.05, 3.63) is 89.0 Å². The minimum Gasteiger partial charge on any atom is -0.361 e. The molecule has 0 spiro atoms. The Kier molecular flexibility index (Phi) is 4.23. The van der Waals surface area contributed by atoms with E-state index in [0.29, 0.717) is 23.3 Å². The van der Waals surface area contributed by atoms with Gasteiger partial charge in [0.2, 0.25) is 5.95 Å². The summed E-state index contributed by atoms with van der Waals surface area (Å²) in [7, 11) is 0. The lowest BCUT2D eigenvalue weighted by molar-refractivity contribution is -0.145. The summed E-state index contributed by atoms with van der Waals surface area (Å²) in [6.07, 6.45) is -2.19. The molecular formula is C24H18F3N5O. The Hall–Kier alpha value is -3.88. The number of benzene rings is 2. The fraction of sp³-hybridized carbons (Fsp3) is 0.208. The number of halogens is 3. The second kappa shape index (κ2) is 7.06. The molecule has 0 radical (unpaired) electrons. The number of alkyl halides is 3. The summed E-state index contributed by atoms with van der Waals surface area (Å²) in [6.45, 7) is 0. The van der Waals surface area contributed by atoms with Gasteiger partial charge in [-0.3, -0.25) is 4.79 Å². The van der Waals surface area contributed by atoms with Crippen LogP contribution in [0, 0.1) is 0 Å². The zero-order valence-corrected chi connectivity index (χ0v) is 17.2. The summed E-state index contributed by atoms with van der Waals surface area (Å²) in [4.78, 5) is 20.4. The smallest absolute Gasteiger partial charge is 0.361 e. The Bertz CT molecular complexity index is 1420. The number of ketones is 1. The summed E-state index contributed by atoms with van der Waals surface area (Å²) < 4.78 is 41.6. The maximum absolute atomic E-state index is 13.5. The van der Waals surface area contributed by atoms with E-state index in [9.17, 15) is 18.0 Å². The Morgan fingerprint density at radius 3 is 2.55 bits per heavy atom. The highest BCUT2D eigenvalue weighted by molar-refractivity contribution is 6.01. The first-order valence-electron chi connectivity index (χ1n) is 10.6. The molecule has 33 heavy (non-hydrogen) atoms. The minimum atomic E-state index is -4.70. The van der Waals surface area contributed by atoms with E-state index in [-0.39, 0.29) is 24.1 Å². The second-order valence-electron chi connectivity index (χ2n) is 8.35. The lowest BCUT2D eigenvalue weighted by atomic mass is 9.78. The van der Waals surface area contributed by atoms with Gasteiger partial charge in [0.1, 0.15) is 6.04 Å². The summed E-state index contributed by atoms with van der Waals surface area (Å²) in [5, 5.41) is 7.61. The fourth-order valence-electron chi connectivity index (χ4n) is 4.90.